The van der Waals surface area contributed by atoms with Crippen LogP contribution in [0.1, 0.15) is 17.2 Å². The number of aliphatic hydroxyl groups is 1. The lowest BCUT2D eigenvalue weighted by Crippen LogP contribution is -1.95. The Hall–Kier alpha value is -1.26. The highest BCUT2D eigenvalue weighted by molar-refractivity contribution is 5.31. The van der Waals surface area contributed by atoms with E-state index in [1.165, 1.54) is 0 Å². The van der Waals surface area contributed by atoms with Crippen molar-refractivity contribution in [2.24, 2.45) is 0 Å². The third-order valence-corrected chi connectivity index (χ3v) is 1.64. The SMILES string of the molecule is C#C[C@@H](O)c1ccccc1C. The van der Waals surface area contributed by atoms with Crippen LogP contribution in [0.4, 0.5) is 0 Å². The van der Waals surface area contributed by atoms with Crippen molar-refractivity contribution in [2.75, 3.05) is 0 Å². The number of hydrogen-bond donors (Lipinski definition) is 1. The van der Waals surface area contributed by atoms with E-state index in [2.05, 4.69) is 5.92 Å². The molecule has 0 aromatic heterocycles. The first kappa shape index (κ1) is 7.84. The maximum absolute atomic E-state index is 9.27. The highest BCUT2D eigenvalue weighted by atomic mass is 16.3. The van der Waals surface area contributed by atoms with Crippen molar-refractivity contribution in [1.29, 1.82) is 0 Å². The molecule has 0 heterocycles. The van der Waals surface area contributed by atoms with Crippen molar-refractivity contribution in [1.82, 2.24) is 0 Å². The molecule has 0 radical (unpaired) electrons. The predicted octanol–water partition coefficient (Wildman–Crippen LogP) is 1.66. The zero-order chi connectivity index (χ0) is 8.27. The maximum atomic E-state index is 9.27. The summed E-state index contributed by atoms with van der Waals surface area (Å²) in [6.45, 7) is 1.93. The predicted molar refractivity (Wildman–Crippen MR) is 45.0 cm³/mol. The van der Waals surface area contributed by atoms with Crippen LogP contribution in [0.5, 0.6) is 0 Å². The smallest absolute Gasteiger partial charge is 0.140 e. The fourth-order valence-electron chi connectivity index (χ4n) is 0.983. The summed E-state index contributed by atoms with van der Waals surface area (Å²) < 4.78 is 0. The molecule has 1 nitrogen and oxygen atoms in total. The summed E-state index contributed by atoms with van der Waals surface area (Å²) in [5.41, 5.74) is 1.84. The van der Waals surface area contributed by atoms with E-state index in [0.717, 1.165) is 11.1 Å². The third-order valence-electron chi connectivity index (χ3n) is 1.64. The lowest BCUT2D eigenvalue weighted by atomic mass is 10.0. The quantitative estimate of drug-likeness (QED) is 0.597. The van der Waals surface area contributed by atoms with E-state index in [9.17, 15) is 5.11 Å². The van der Waals surface area contributed by atoms with Gasteiger partial charge in [-0.1, -0.05) is 30.2 Å². The van der Waals surface area contributed by atoms with Gasteiger partial charge in [-0.2, -0.15) is 0 Å². The van der Waals surface area contributed by atoms with E-state index in [1.54, 1.807) is 0 Å². The maximum Gasteiger partial charge on any atom is 0.140 e. The van der Waals surface area contributed by atoms with Gasteiger partial charge in [-0.15, -0.1) is 6.42 Å². The minimum absolute atomic E-state index is 0.767. The average molecular weight is 146 g/mol. The van der Waals surface area contributed by atoms with Crippen molar-refractivity contribution in [3.63, 3.8) is 0 Å². The Kier molecular flexibility index (Phi) is 2.30. The van der Waals surface area contributed by atoms with Crippen molar-refractivity contribution in [3.8, 4) is 12.3 Å². The van der Waals surface area contributed by atoms with E-state index in [1.807, 2.05) is 31.2 Å². The van der Waals surface area contributed by atoms with Gasteiger partial charge in [0.15, 0.2) is 0 Å². The van der Waals surface area contributed by atoms with Crippen molar-refractivity contribution in [3.05, 3.63) is 35.4 Å². The molecule has 56 valence electrons. The Morgan fingerprint density at radius 3 is 2.64 bits per heavy atom. The minimum Gasteiger partial charge on any atom is -0.376 e. The van der Waals surface area contributed by atoms with Crippen LogP contribution in [0.3, 0.4) is 0 Å². The topological polar surface area (TPSA) is 20.2 Å². The van der Waals surface area contributed by atoms with Crippen LogP contribution in [0.2, 0.25) is 0 Å². The first-order valence-corrected chi connectivity index (χ1v) is 3.45. The summed E-state index contributed by atoms with van der Waals surface area (Å²) in [6, 6.07) is 7.54. The summed E-state index contributed by atoms with van der Waals surface area (Å²) in [6.07, 6.45) is 4.31. The molecule has 0 aliphatic rings. The van der Waals surface area contributed by atoms with Crippen LogP contribution in [0.15, 0.2) is 24.3 Å². The average Bonchev–Trinajstić information content (AvgIpc) is 2.04. The van der Waals surface area contributed by atoms with Gasteiger partial charge in [0.25, 0.3) is 0 Å². The summed E-state index contributed by atoms with van der Waals surface area (Å²) in [5, 5.41) is 9.27. The molecule has 0 aliphatic heterocycles. The van der Waals surface area contributed by atoms with Gasteiger partial charge in [0.05, 0.1) is 0 Å². The summed E-state index contributed by atoms with van der Waals surface area (Å²) in [7, 11) is 0. The van der Waals surface area contributed by atoms with Crippen LogP contribution >= 0.6 is 0 Å². The molecule has 0 unspecified atom stereocenters. The number of rotatable bonds is 1. The Bertz CT molecular complexity index is 283. The standard InChI is InChI=1S/C10H10O/c1-3-10(11)9-7-5-4-6-8(9)2/h1,4-7,10-11H,2H3/t10-/m1/s1. The molecule has 1 heteroatoms. The van der Waals surface area contributed by atoms with E-state index in [4.69, 9.17) is 6.42 Å². The molecule has 0 bridgehead atoms. The molecule has 0 saturated heterocycles. The van der Waals surface area contributed by atoms with E-state index < -0.39 is 6.10 Å². The Balaban J connectivity index is 3.05. The normalized spacial score (nSPS) is 12.1. The number of hydrogen-bond acceptors (Lipinski definition) is 1. The van der Waals surface area contributed by atoms with Gasteiger partial charge < -0.3 is 5.11 Å². The number of aliphatic hydroxyl groups excluding tert-OH is 1. The molecule has 1 N–H and O–H groups in total. The minimum atomic E-state index is -0.767. The Morgan fingerprint density at radius 1 is 1.45 bits per heavy atom. The van der Waals surface area contributed by atoms with Crippen LogP contribution in [-0.2, 0) is 0 Å². The van der Waals surface area contributed by atoms with Crippen LogP contribution in [0, 0.1) is 19.3 Å². The van der Waals surface area contributed by atoms with E-state index in [0.29, 0.717) is 0 Å². The lowest BCUT2D eigenvalue weighted by Gasteiger charge is -2.05. The van der Waals surface area contributed by atoms with Crippen molar-refractivity contribution < 1.29 is 5.11 Å². The van der Waals surface area contributed by atoms with Crippen LogP contribution in [-0.4, -0.2) is 5.11 Å². The first-order chi connectivity index (χ1) is 5.25. The molecular weight excluding hydrogens is 136 g/mol. The van der Waals surface area contributed by atoms with Gasteiger partial charge in [-0.05, 0) is 18.1 Å². The second-order valence-electron chi connectivity index (χ2n) is 2.43. The molecule has 0 fully saturated rings. The van der Waals surface area contributed by atoms with Crippen molar-refractivity contribution >= 4 is 0 Å². The third kappa shape index (κ3) is 1.60. The summed E-state index contributed by atoms with van der Waals surface area (Å²) >= 11 is 0. The van der Waals surface area contributed by atoms with Crippen molar-refractivity contribution in [2.45, 2.75) is 13.0 Å². The second-order valence-corrected chi connectivity index (χ2v) is 2.43. The summed E-state index contributed by atoms with van der Waals surface area (Å²) in [5.74, 6) is 2.28. The van der Waals surface area contributed by atoms with Gasteiger partial charge in [0.2, 0.25) is 0 Å². The number of benzene rings is 1. The van der Waals surface area contributed by atoms with Crippen LogP contribution in [0.25, 0.3) is 0 Å². The van der Waals surface area contributed by atoms with Gasteiger partial charge in [0, 0.05) is 0 Å². The molecule has 1 aromatic rings. The molecule has 1 rings (SSSR count). The highest BCUT2D eigenvalue weighted by Crippen LogP contribution is 2.15. The Morgan fingerprint density at radius 2 is 2.09 bits per heavy atom. The largest absolute Gasteiger partial charge is 0.376 e. The van der Waals surface area contributed by atoms with Gasteiger partial charge in [0.1, 0.15) is 6.10 Å². The zero-order valence-corrected chi connectivity index (χ0v) is 6.41. The molecule has 0 aliphatic carbocycles. The molecule has 1 atom stereocenters. The van der Waals surface area contributed by atoms with Gasteiger partial charge in [-0.25, -0.2) is 0 Å². The fourth-order valence-corrected chi connectivity index (χ4v) is 0.983. The first-order valence-electron chi connectivity index (χ1n) is 3.45. The van der Waals surface area contributed by atoms with Gasteiger partial charge >= 0.3 is 0 Å². The molecule has 0 amide bonds. The molecule has 11 heavy (non-hydrogen) atoms. The van der Waals surface area contributed by atoms with Gasteiger partial charge in [-0.3, -0.25) is 0 Å². The highest BCUT2D eigenvalue weighted by Gasteiger charge is 2.04. The number of terminal acetylenes is 1. The van der Waals surface area contributed by atoms with E-state index >= 15 is 0 Å². The zero-order valence-electron chi connectivity index (χ0n) is 6.41. The molecule has 0 spiro atoms. The molecule has 0 saturated carbocycles. The second kappa shape index (κ2) is 3.23. The molecule has 1 aromatic carbocycles. The summed E-state index contributed by atoms with van der Waals surface area (Å²) in [4.78, 5) is 0. The number of aryl methyl sites for hydroxylation is 1. The Labute approximate surface area is 66.7 Å². The lowest BCUT2D eigenvalue weighted by molar-refractivity contribution is 0.238. The van der Waals surface area contributed by atoms with Crippen LogP contribution < -0.4 is 0 Å². The molecular formula is C10H10O. The monoisotopic (exact) mass is 146 g/mol. The fraction of sp³-hybridized carbons (Fsp3) is 0.200. The van der Waals surface area contributed by atoms with E-state index in [-0.39, 0.29) is 0 Å².